The predicted octanol–water partition coefficient (Wildman–Crippen LogP) is 1.84. The predicted molar refractivity (Wildman–Crippen MR) is 44.1 cm³/mol. The molecule has 2 heteroatoms. The van der Waals surface area contributed by atoms with Crippen molar-refractivity contribution in [3.8, 4) is 0 Å². The molecule has 0 rings (SSSR count). The van der Waals surface area contributed by atoms with E-state index in [9.17, 15) is 5.11 Å². The maximum Gasteiger partial charge on any atom is 0.105 e. The van der Waals surface area contributed by atoms with Crippen LogP contribution in [0.1, 0.15) is 27.7 Å². The maximum atomic E-state index is 9.19. The van der Waals surface area contributed by atoms with Crippen LogP contribution in [0.15, 0.2) is 11.3 Å². The zero-order valence-corrected chi connectivity index (χ0v) is 7.23. The molecule has 60 valence electrons. The van der Waals surface area contributed by atoms with Gasteiger partial charge in [-0.2, -0.15) is 0 Å². The van der Waals surface area contributed by atoms with Gasteiger partial charge in [0, 0.05) is 6.04 Å². The molecule has 2 N–H and O–H groups in total. The van der Waals surface area contributed by atoms with Gasteiger partial charge in [-0.05, 0) is 19.4 Å². The van der Waals surface area contributed by atoms with E-state index < -0.39 is 0 Å². The summed E-state index contributed by atoms with van der Waals surface area (Å²) in [6.45, 7) is 8.49. The molecule has 10 heavy (non-hydrogen) atoms. The van der Waals surface area contributed by atoms with Gasteiger partial charge >= 0.3 is 0 Å². The molecule has 0 radical (unpaired) electrons. The minimum absolute atomic E-state index is 0.432. The van der Waals surface area contributed by atoms with E-state index in [0.717, 1.165) is 5.57 Å². The second-order valence-corrected chi connectivity index (χ2v) is 2.98. The molecule has 0 aromatic rings. The Bertz CT molecular complexity index is 123. The van der Waals surface area contributed by atoms with Crippen molar-refractivity contribution in [2.75, 3.05) is 6.54 Å². The van der Waals surface area contributed by atoms with Crippen molar-refractivity contribution in [1.82, 2.24) is 5.32 Å². The summed E-state index contributed by atoms with van der Waals surface area (Å²) in [6.07, 6.45) is 0. The first kappa shape index (κ1) is 9.50. The minimum Gasteiger partial charge on any atom is -0.511 e. The van der Waals surface area contributed by atoms with Crippen LogP contribution in [-0.4, -0.2) is 17.7 Å². The number of aliphatic hydroxyl groups is 1. The fourth-order valence-electron chi connectivity index (χ4n) is 0.478. The Morgan fingerprint density at radius 3 is 2.20 bits per heavy atom. The Labute approximate surface area is 62.9 Å². The molecule has 0 heterocycles. The summed E-state index contributed by atoms with van der Waals surface area (Å²) in [5.41, 5.74) is 0.980. The SMILES string of the molecule is CC(C)=C(O)CNC(C)C. The Morgan fingerprint density at radius 1 is 1.40 bits per heavy atom. The molecule has 0 aromatic heterocycles. The summed E-state index contributed by atoms with van der Waals surface area (Å²) in [6, 6.07) is 0.432. The number of rotatable bonds is 3. The summed E-state index contributed by atoms with van der Waals surface area (Å²) in [5.74, 6) is 0.453. The van der Waals surface area contributed by atoms with Gasteiger partial charge in [0.2, 0.25) is 0 Å². The van der Waals surface area contributed by atoms with Crippen LogP contribution in [-0.2, 0) is 0 Å². The summed E-state index contributed by atoms with van der Waals surface area (Å²) in [5, 5.41) is 12.3. The third kappa shape index (κ3) is 4.39. The molecule has 0 aliphatic heterocycles. The molecule has 0 saturated carbocycles. The van der Waals surface area contributed by atoms with E-state index in [2.05, 4.69) is 19.2 Å². The Morgan fingerprint density at radius 2 is 1.90 bits per heavy atom. The van der Waals surface area contributed by atoms with Crippen molar-refractivity contribution >= 4 is 0 Å². The molecule has 0 fully saturated rings. The first-order valence-electron chi connectivity index (χ1n) is 3.62. The average molecular weight is 143 g/mol. The molecule has 0 saturated heterocycles. The van der Waals surface area contributed by atoms with Crippen molar-refractivity contribution in [3.63, 3.8) is 0 Å². The van der Waals surface area contributed by atoms with Gasteiger partial charge in [0.15, 0.2) is 0 Å². The van der Waals surface area contributed by atoms with E-state index in [-0.39, 0.29) is 0 Å². The van der Waals surface area contributed by atoms with Crippen molar-refractivity contribution in [1.29, 1.82) is 0 Å². The van der Waals surface area contributed by atoms with Crippen molar-refractivity contribution in [2.24, 2.45) is 0 Å². The van der Waals surface area contributed by atoms with E-state index in [1.807, 2.05) is 13.8 Å². The Kier molecular flexibility index (Phi) is 4.12. The zero-order valence-electron chi connectivity index (χ0n) is 7.23. The van der Waals surface area contributed by atoms with Gasteiger partial charge in [-0.15, -0.1) is 0 Å². The Hall–Kier alpha value is -0.500. The summed E-state index contributed by atoms with van der Waals surface area (Å²) in [4.78, 5) is 0. The van der Waals surface area contributed by atoms with Crippen molar-refractivity contribution in [3.05, 3.63) is 11.3 Å². The highest BCUT2D eigenvalue weighted by Gasteiger charge is 1.96. The van der Waals surface area contributed by atoms with Gasteiger partial charge in [-0.25, -0.2) is 0 Å². The molecule has 0 bridgehead atoms. The van der Waals surface area contributed by atoms with Crippen molar-refractivity contribution in [2.45, 2.75) is 33.7 Å². The number of hydrogen-bond donors (Lipinski definition) is 2. The third-order valence-corrected chi connectivity index (χ3v) is 1.25. The minimum atomic E-state index is 0.432. The fraction of sp³-hybridized carbons (Fsp3) is 0.750. The topological polar surface area (TPSA) is 32.3 Å². The van der Waals surface area contributed by atoms with Crippen molar-refractivity contribution < 1.29 is 5.11 Å². The lowest BCUT2D eigenvalue weighted by Gasteiger charge is -2.07. The highest BCUT2D eigenvalue weighted by molar-refractivity contribution is 5.02. The van der Waals surface area contributed by atoms with Crippen LogP contribution in [0, 0.1) is 0 Å². The average Bonchev–Trinajstić information content (AvgIpc) is 1.82. The first-order chi connectivity index (χ1) is 4.54. The lowest BCUT2D eigenvalue weighted by Crippen LogP contribution is -2.25. The van der Waals surface area contributed by atoms with E-state index in [0.29, 0.717) is 18.3 Å². The quantitative estimate of drug-likeness (QED) is 0.591. The van der Waals surface area contributed by atoms with E-state index in [1.54, 1.807) is 0 Å². The monoisotopic (exact) mass is 143 g/mol. The highest BCUT2D eigenvalue weighted by atomic mass is 16.3. The third-order valence-electron chi connectivity index (χ3n) is 1.25. The smallest absolute Gasteiger partial charge is 0.105 e. The number of nitrogens with one attached hydrogen (secondary N) is 1. The van der Waals surface area contributed by atoms with Gasteiger partial charge < -0.3 is 10.4 Å². The second-order valence-electron chi connectivity index (χ2n) is 2.98. The number of hydrogen-bond acceptors (Lipinski definition) is 2. The van der Waals surface area contributed by atoms with E-state index >= 15 is 0 Å². The van der Waals surface area contributed by atoms with E-state index in [4.69, 9.17) is 0 Å². The van der Waals surface area contributed by atoms with Gasteiger partial charge in [0.05, 0.1) is 6.54 Å². The van der Waals surface area contributed by atoms with Gasteiger partial charge in [-0.3, -0.25) is 0 Å². The molecule has 0 unspecified atom stereocenters. The first-order valence-corrected chi connectivity index (χ1v) is 3.62. The summed E-state index contributed by atoms with van der Waals surface area (Å²) >= 11 is 0. The molecular weight excluding hydrogens is 126 g/mol. The van der Waals surface area contributed by atoms with Crippen LogP contribution in [0.3, 0.4) is 0 Å². The molecular formula is C8H17NO. The molecule has 0 amide bonds. The fourth-order valence-corrected chi connectivity index (χ4v) is 0.478. The largest absolute Gasteiger partial charge is 0.511 e. The Balaban J connectivity index is 3.60. The normalized spacial score (nSPS) is 10.1. The second kappa shape index (κ2) is 4.34. The molecule has 0 aromatic carbocycles. The van der Waals surface area contributed by atoms with Crippen LogP contribution in [0.4, 0.5) is 0 Å². The van der Waals surface area contributed by atoms with Crippen LogP contribution in [0.2, 0.25) is 0 Å². The summed E-state index contributed by atoms with van der Waals surface area (Å²) < 4.78 is 0. The van der Waals surface area contributed by atoms with Gasteiger partial charge in [-0.1, -0.05) is 13.8 Å². The van der Waals surface area contributed by atoms with E-state index in [1.165, 1.54) is 0 Å². The molecule has 0 aliphatic carbocycles. The van der Waals surface area contributed by atoms with Crippen LogP contribution >= 0.6 is 0 Å². The summed E-state index contributed by atoms with van der Waals surface area (Å²) in [7, 11) is 0. The maximum absolute atomic E-state index is 9.19. The van der Waals surface area contributed by atoms with Crippen LogP contribution < -0.4 is 5.32 Å². The number of aliphatic hydroxyl groups excluding tert-OH is 1. The molecule has 0 atom stereocenters. The van der Waals surface area contributed by atoms with Crippen LogP contribution in [0.25, 0.3) is 0 Å². The highest BCUT2D eigenvalue weighted by Crippen LogP contribution is 1.96. The van der Waals surface area contributed by atoms with Gasteiger partial charge in [0.1, 0.15) is 5.76 Å². The lowest BCUT2D eigenvalue weighted by atomic mass is 10.3. The van der Waals surface area contributed by atoms with Crippen LogP contribution in [0.5, 0.6) is 0 Å². The molecule has 0 aliphatic rings. The zero-order chi connectivity index (χ0) is 8.15. The number of allylic oxidation sites excluding steroid dienone is 1. The standard InChI is InChI=1S/C8H17NO/c1-6(2)8(10)5-9-7(3)4/h7,9-10H,5H2,1-4H3. The van der Waals surface area contributed by atoms with Gasteiger partial charge in [0.25, 0.3) is 0 Å². The molecule has 0 spiro atoms. The molecule has 2 nitrogen and oxygen atoms in total. The lowest BCUT2D eigenvalue weighted by molar-refractivity contribution is 0.375.